The largest absolute Gasteiger partial charge is 0.388 e. The van der Waals surface area contributed by atoms with Gasteiger partial charge in [-0.25, -0.2) is 0 Å². The molecule has 2 rings (SSSR count). The van der Waals surface area contributed by atoms with Gasteiger partial charge in [0, 0.05) is 36.6 Å². The van der Waals surface area contributed by atoms with Crippen LogP contribution in [0.1, 0.15) is 72.4 Å². The molecule has 1 aliphatic rings. The number of hydrogen-bond donors (Lipinski definition) is 2. The van der Waals surface area contributed by atoms with Crippen LogP contribution in [0.4, 0.5) is 5.69 Å². The van der Waals surface area contributed by atoms with Crippen molar-refractivity contribution in [3.63, 3.8) is 0 Å². The van der Waals surface area contributed by atoms with Crippen LogP contribution in [0, 0.1) is 12.8 Å². The van der Waals surface area contributed by atoms with Crippen LogP contribution in [0.25, 0.3) is 0 Å². The van der Waals surface area contributed by atoms with E-state index in [9.17, 15) is 0 Å². The molecule has 0 saturated carbocycles. The van der Waals surface area contributed by atoms with E-state index in [0.29, 0.717) is 6.04 Å². The van der Waals surface area contributed by atoms with Crippen molar-refractivity contribution in [1.82, 2.24) is 5.32 Å². The van der Waals surface area contributed by atoms with Crippen molar-refractivity contribution >= 4 is 11.4 Å². The van der Waals surface area contributed by atoms with Gasteiger partial charge in [0.05, 0.1) is 6.54 Å². The molecule has 1 aliphatic heterocycles. The van der Waals surface area contributed by atoms with E-state index < -0.39 is 0 Å². The Morgan fingerprint density at radius 3 is 2.17 bits per heavy atom. The molecule has 1 aromatic carbocycles. The van der Waals surface area contributed by atoms with Crippen molar-refractivity contribution < 1.29 is 0 Å². The fourth-order valence-electron chi connectivity index (χ4n) is 2.59. The van der Waals surface area contributed by atoms with Crippen molar-refractivity contribution in [3.8, 4) is 0 Å². The zero-order valence-corrected chi connectivity index (χ0v) is 20.4. The normalized spacial score (nSPS) is 12.4. The number of nitrogens with one attached hydrogen (secondary N) is 2. The molecule has 0 spiro atoms. The molecule has 0 amide bonds. The van der Waals surface area contributed by atoms with Crippen LogP contribution in [-0.2, 0) is 6.42 Å². The first-order chi connectivity index (χ1) is 13.6. The molecule has 0 fully saturated rings. The van der Waals surface area contributed by atoms with Gasteiger partial charge in [0.1, 0.15) is 0 Å². The van der Waals surface area contributed by atoms with Crippen molar-refractivity contribution in [3.05, 3.63) is 53.3 Å². The Labute approximate surface area is 180 Å². The van der Waals surface area contributed by atoms with Gasteiger partial charge in [-0.15, -0.1) is 0 Å². The summed E-state index contributed by atoms with van der Waals surface area (Å²) in [7, 11) is 1.95. The summed E-state index contributed by atoms with van der Waals surface area (Å²) in [6, 6.07) is 6.92. The molecule has 29 heavy (non-hydrogen) atoms. The molecule has 0 aromatic heterocycles. The van der Waals surface area contributed by atoms with Crippen molar-refractivity contribution in [2.24, 2.45) is 10.9 Å². The fourth-order valence-corrected chi connectivity index (χ4v) is 2.59. The summed E-state index contributed by atoms with van der Waals surface area (Å²) in [6.07, 6.45) is 5.42. The zero-order valence-electron chi connectivity index (χ0n) is 20.4. The van der Waals surface area contributed by atoms with E-state index in [1.165, 1.54) is 28.8 Å². The second-order valence-electron chi connectivity index (χ2n) is 8.42. The third kappa shape index (κ3) is 12.9. The Bertz CT molecular complexity index is 667. The van der Waals surface area contributed by atoms with Crippen LogP contribution in [0.5, 0.6) is 0 Å². The van der Waals surface area contributed by atoms with Gasteiger partial charge in [0.2, 0.25) is 0 Å². The summed E-state index contributed by atoms with van der Waals surface area (Å²) in [5, 5.41) is 6.41. The predicted molar refractivity (Wildman–Crippen MR) is 133 cm³/mol. The highest BCUT2D eigenvalue weighted by atomic mass is 14.9. The van der Waals surface area contributed by atoms with E-state index in [1.807, 2.05) is 7.05 Å². The average molecular weight is 400 g/mol. The maximum absolute atomic E-state index is 4.39. The number of benzene rings is 1. The molecule has 2 N–H and O–H groups in total. The molecule has 0 atom stereocenters. The average Bonchev–Trinajstić information content (AvgIpc) is 3.07. The Morgan fingerprint density at radius 2 is 1.76 bits per heavy atom. The first kappa shape index (κ1) is 27.0. The molecule has 0 bridgehead atoms. The highest BCUT2D eigenvalue weighted by Crippen LogP contribution is 2.14. The maximum Gasteiger partial charge on any atom is 0.0604 e. The number of aryl methyl sites for hydroxylation is 2. The lowest BCUT2D eigenvalue weighted by atomic mass is 10.1. The van der Waals surface area contributed by atoms with Gasteiger partial charge >= 0.3 is 0 Å². The van der Waals surface area contributed by atoms with Crippen molar-refractivity contribution in [1.29, 1.82) is 0 Å². The minimum absolute atomic E-state index is 0.458. The van der Waals surface area contributed by atoms with Crippen molar-refractivity contribution in [2.75, 3.05) is 18.9 Å². The topological polar surface area (TPSA) is 36.4 Å². The number of aliphatic imine (C=N–C) groups is 1. The number of nitrogens with zero attached hydrogens (tertiary/aromatic N) is 1. The van der Waals surface area contributed by atoms with E-state index >= 15 is 0 Å². The summed E-state index contributed by atoms with van der Waals surface area (Å²) in [5.74, 6) is 0.884. The zero-order chi connectivity index (χ0) is 22.4. The molecule has 3 nitrogen and oxygen atoms in total. The van der Waals surface area contributed by atoms with E-state index in [1.54, 1.807) is 0 Å². The van der Waals surface area contributed by atoms with Gasteiger partial charge in [0.15, 0.2) is 0 Å². The summed E-state index contributed by atoms with van der Waals surface area (Å²) in [6.45, 7) is 22.1. The first-order valence-electron chi connectivity index (χ1n) is 11.0. The third-order valence-electron chi connectivity index (χ3n) is 4.67. The molecular weight excluding hydrogens is 354 g/mol. The summed E-state index contributed by atoms with van der Waals surface area (Å²) in [5.41, 5.74) is 7.55. The van der Waals surface area contributed by atoms with E-state index in [0.717, 1.165) is 36.7 Å². The molecule has 1 aromatic rings. The van der Waals surface area contributed by atoms with Crippen LogP contribution < -0.4 is 10.6 Å². The van der Waals surface area contributed by atoms with Gasteiger partial charge < -0.3 is 10.6 Å². The van der Waals surface area contributed by atoms with Gasteiger partial charge in [-0.2, -0.15) is 0 Å². The smallest absolute Gasteiger partial charge is 0.0604 e. The van der Waals surface area contributed by atoms with Crippen LogP contribution in [0.2, 0.25) is 0 Å². The number of rotatable bonds is 7. The molecule has 1 heterocycles. The SMILES string of the molecule is C=C(CC1=NCC(C)=C1)NC(C)C.CCC(C)C.CCc1cc(NC)ccc1C. The predicted octanol–water partition coefficient (Wildman–Crippen LogP) is 6.94. The van der Waals surface area contributed by atoms with Gasteiger partial charge in [-0.3, -0.25) is 4.99 Å². The Hall–Kier alpha value is -2.03. The van der Waals surface area contributed by atoms with Gasteiger partial charge in [-0.05, 0) is 69.4 Å². The Kier molecular flexibility index (Phi) is 13.9. The van der Waals surface area contributed by atoms with Crippen LogP contribution >= 0.6 is 0 Å². The minimum Gasteiger partial charge on any atom is -0.388 e. The molecule has 3 heteroatoms. The highest BCUT2D eigenvalue weighted by Gasteiger charge is 2.06. The second-order valence-corrected chi connectivity index (χ2v) is 8.42. The van der Waals surface area contributed by atoms with E-state index in [2.05, 4.69) is 102 Å². The highest BCUT2D eigenvalue weighted by molar-refractivity contribution is 5.98. The van der Waals surface area contributed by atoms with E-state index in [-0.39, 0.29) is 0 Å². The van der Waals surface area contributed by atoms with Gasteiger partial charge in [0.25, 0.3) is 0 Å². The molecule has 0 unspecified atom stereocenters. The lowest BCUT2D eigenvalue weighted by Gasteiger charge is -2.11. The monoisotopic (exact) mass is 399 g/mol. The van der Waals surface area contributed by atoms with Gasteiger partial charge in [-0.1, -0.05) is 52.3 Å². The standard InChI is InChI=1S/C11H18N2.C10H15N.C5H12/c1-8(2)13-10(4)6-11-5-9(3)7-12-11;1-4-9-7-10(11-3)6-5-8(9)2;1-4-5(2)3/h5,8,13H,4,6-7H2,1-3H3;5-7,11H,4H2,1-3H3;5H,4H2,1-3H3. The second kappa shape index (κ2) is 14.9. The molecule has 164 valence electrons. The summed E-state index contributed by atoms with van der Waals surface area (Å²) >= 11 is 0. The fraction of sp³-hybridized carbons (Fsp3) is 0.577. The third-order valence-corrected chi connectivity index (χ3v) is 4.67. The quantitative estimate of drug-likeness (QED) is 0.521. The lowest BCUT2D eigenvalue weighted by molar-refractivity contribution is 0.626. The van der Waals surface area contributed by atoms with Crippen LogP contribution in [0.3, 0.4) is 0 Å². The van der Waals surface area contributed by atoms with E-state index in [4.69, 9.17) is 0 Å². The summed E-state index contributed by atoms with van der Waals surface area (Å²) in [4.78, 5) is 4.39. The molecular formula is C26H45N3. The van der Waals surface area contributed by atoms with Crippen molar-refractivity contribution in [2.45, 2.75) is 80.7 Å². The minimum atomic E-state index is 0.458. The Morgan fingerprint density at radius 1 is 1.14 bits per heavy atom. The first-order valence-corrected chi connectivity index (χ1v) is 11.0. The number of hydrogen-bond acceptors (Lipinski definition) is 3. The Balaban J connectivity index is 0.000000445. The number of anilines is 1. The maximum atomic E-state index is 4.39. The molecule has 0 radical (unpaired) electrons. The lowest BCUT2D eigenvalue weighted by Crippen LogP contribution is -2.22. The molecule has 0 aliphatic carbocycles. The van der Waals surface area contributed by atoms with Crippen LogP contribution in [-0.4, -0.2) is 25.3 Å². The summed E-state index contributed by atoms with van der Waals surface area (Å²) < 4.78 is 0. The molecule has 0 saturated heterocycles. The number of allylic oxidation sites excluding steroid dienone is 2. The van der Waals surface area contributed by atoms with Crippen LogP contribution in [0.15, 0.2) is 47.1 Å².